The normalized spacial score (nSPS) is 10.1. The summed E-state index contributed by atoms with van der Waals surface area (Å²) < 4.78 is 0. The third kappa shape index (κ3) is 2.38. The Kier molecular flexibility index (Phi) is 2.73. The monoisotopic (exact) mass is 220 g/mol. The van der Waals surface area contributed by atoms with Gasteiger partial charge in [-0.2, -0.15) is 0 Å². The average Bonchev–Trinajstić information content (AvgIpc) is 2.67. The van der Waals surface area contributed by atoms with E-state index in [1.807, 2.05) is 18.2 Å². The Morgan fingerprint density at radius 1 is 1.40 bits per heavy atom. The van der Waals surface area contributed by atoms with Crippen molar-refractivity contribution in [2.45, 2.75) is 6.42 Å². The van der Waals surface area contributed by atoms with Crippen LogP contribution in [0.15, 0.2) is 30.6 Å². The first-order chi connectivity index (χ1) is 7.25. The lowest BCUT2D eigenvalue weighted by atomic mass is 10.4. The van der Waals surface area contributed by atoms with Gasteiger partial charge in [-0.3, -0.25) is 9.78 Å². The Morgan fingerprint density at radius 2 is 2.27 bits per heavy atom. The van der Waals surface area contributed by atoms with Crippen LogP contribution in [-0.2, 0) is 11.2 Å². The van der Waals surface area contributed by atoms with Crippen LogP contribution in [-0.4, -0.2) is 21.0 Å². The van der Waals surface area contributed by atoms with Crippen molar-refractivity contribution in [3.05, 3.63) is 35.5 Å². The third-order valence-corrected chi connectivity index (χ3v) is 2.78. The quantitative estimate of drug-likeness (QED) is 0.857. The van der Waals surface area contributed by atoms with Crippen molar-refractivity contribution >= 4 is 17.3 Å². The van der Waals surface area contributed by atoms with Crippen LogP contribution >= 0.6 is 11.3 Å². The number of aliphatic carboxylic acids is 1. The molecule has 0 aliphatic carbocycles. The lowest BCUT2D eigenvalue weighted by Crippen LogP contribution is -1.97. The number of rotatable bonds is 3. The molecular formula is C10H8N2O2S. The number of carboxylic acid groups (broad SMARTS) is 1. The summed E-state index contributed by atoms with van der Waals surface area (Å²) in [6.07, 6.45) is 3.29. The molecule has 2 aromatic heterocycles. The molecule has 76 valence electrons. The number of hydrogen-bond acceptors (Lipinski definition) is 4. The van der Waals surface area contributed by atoms with Gasteiger partial charge in [0.15, 0.2) is 0 Å². The summed E-state index contributed by atoms with van der Waals surface area (Å²) in [5, 5.41) is 9.37. The highest BCUT2D eigenvalue weighted by atomic mass is 32.1. The Hall–Kier alpha value is -1.75. The molecule has 5 heteroatoms. The van der Waals surface area contributed by atoms with Crippen LogP contribution in [0.2, 0.25) is 0 Å². The smallest absolute Gasteiger partial charge is 0.308 e. The molecule has 2 rings (SSSR count). The first kappa shape index (κ1) is 9.79. The van der Waals surface area contributed by atoms with E-state index in [1.165, 1.54) is 11.3 Å². The molecular weight excluding hydrogens is 212 g/mol. The van der Waals surface area contributed by atoms with Gasteiger partial charge in [0.05, 0.1) is 12.1 Å². The largest absolute Gasteiger partial charge is 0.481 e. The molecule has 2 heterocycles. The predicted octanol–water partition coefficient (Wildman–Crippen LogP) is 1.83. The Bertz CT molecular complexity index is 467. The van der Waals surface area contributed by atoms with E-state index in [0.29, 0.717) is 0 Å². The van der Waals surface area contributed by atoms with E-state index in [9.17, 15) is 4.79 Å². The van der Waals surface area contributed by atoms with Crippen LogP contribution in [0.25, 0.3) is 10.7 Å². The molecule has 0 unspecified atom stereocenters. The number of carbonyl (C=O) groups is 1. The number of carboxylic acids is 1. The Labute approximate surface area is 90.3 Å². The topological polar surface area (TPSA) is 63.1 Å². The fraction of sp³-hybridized carbons (Fsp3) is 0.100. The highest BCUT2D eigenvalue weighted by molar-refractivity contribution is 7.15. The highest BCUT2D eigenvalue weighted by Gasteiger charge is 2.07. The Balaban J connectivity index is 2.24. The molecule has 0 saturated carbocycles. The van der Waals surface area contributed by atoms with Gasteiger partial charge >= 0.3 is 5.97 Å². The van der Waals surface area contributed by atoms with Gasteiger partial charge < -0.3 is 5.11 Å². The van der Waals surface area contributed by atoms with E-state index in [4.69, 9.17) is 5.11 Å². The molecule has 0 amide bonds. The summed E-state index contributed by atoms with van der Waals surface area (Å²) in [6, 6.07) is 5.55. The zero-order valence-electron chi connectivity index (χ0n) is 7.75. The molecule has 0 saturated heterocycles. The van der Waals surface area contributed by atoms with Crippen LogP contribution in [0.1, 0.15) is 4.88 Å². The summed E-state index contributed by atoms with van der Waals surface area (Å²) in [7, 11) is 0. The fourth-order valence-corrected chi connectivity index (χ4v) is 2.03. The van der Waals surface area contributed by atoms with E-state index >= 15 is 0 Å². The van der Waals surface area contributed by atoms with E-state index < -0.39 is 5.97 Å². The van der Waals surface area contributed by atoms with Crippen LogP contribution in [0, 0.1) is 0 Å². The predicted molar refractivity (Wildman–Crippen MR) is 56.7 cm³/mol. The Morgan fingerprint density at radius 3 is 2.93 bits per heavy atom. The van der Waals surface area contributed by atoms with Crippen molar-refractivity contribution in [3.8, 4) is 10.7 Å². The number of nitrogens with zero attached hydrogens (tertiary/aromatic N) is 2. The number of pyridine rings is 1. The van der Waals surface area contributed by atoms with Gasteiger partial charge in [0.1, 0.15) is 5.01 Å². The fourth-order valence-electron chi connectivity index (χ4n) is 1.15. The molecule has 0 radical (unpaired) electrons. The first-order valence-corrected chi connectivity index (χ1v) is 5.15. The molecule has 15 heavy (non-hydrogen) atoms. The second-order valence-corrected chi connectivity index (χ2v) is 4.03. The van der Waals surface area contributed by atoms with Crippen molar-refractivity contribution in [2.24, 2.45) is 0 Å². The maximum absolute atomic E-state index is 10.5. The standard InChI is InChI=1S/C10H8N2O2S/c13-9(14)5-7-6-12-10(15-7)8-3-1-2-4-11-8/h1-4,6H,5H2,(H,13,14). The second-order valence-electron chi connectivity index (χ2n) is 2.92. The van der Waals surface area contributed by atoms with E-state index in [1.54, 1.807) is 12.4 Å². The maximum atomic E-state index is 10.5. The van der Waals surface area contributed by atoms with Crippen molar-refractivity contribution in [1.82, 2.24) is 9.97 Å². The summed E-state index contributed by atoms with van der Waals surface area (Å²) in [6.45, 7) is 0. The lowest BCUT2D eigenvalue weighted by molar-refractivity contribution is -0.136. The highest BCUT2D eigenvalue weighted by Crippen LogP contribution is 2.23. The van der Waals surface area contributed by atoms with Crippen molar-refractivity contribution in [2.75, 3.05) is 0 Å². The molecule has 1 N–H and O–H groups in total. The van der Waals surface area contributed by atoms with Crippen LogP contribution in [0.5, 0.6) is 0 Å². The first-order valence-electron chi connectivity index (χ1n) is 4.33. The minimum absolute atomic E-state index is 0.0184. The average molecular weight is 220 g/mol. The number of thiazole rings is 1. The van der Waals surface area contributed by atoms with Gasteiger partial charge in [-0.15, -0.1) is 11.3 Å². The van der Waals surface area contributed by atoms with Gasteiger partial charge in [-0.05, 0) is 12.1 Å². The molecule has 0 bridgehead atoms. The minimum atomic E-state index is -0.841. The molecule has 0 aliphatic heterocycles. The van der Waals surface area contributed by atoms with Gasteiger partial charge in [0.2, 0.25) is 0 Å². The van der Waals surface area contributed by atoms with Crippen molar-refractivity contribution in [1.29, 1.82) is 0 Å². The maximum Gasteiger partial charge on any atom is 0.308 e. The number of hydrogen-bond donors (Lipinski definition) is 1. The van der Waals surface area contributed by atoms with Crippen LogP contribution in [0.3, 0.4) is 0 Å². The minimum Gasteiger partial charge on any atom is -0.481 e. The SMILES string of the molecule is O=C(O)Cc1cnc(-c2ccccn2)s1. The number of aromatic nitrogens is 2. The van der Waals surface area contributed by atoms with Gasteiger partial charge in [-0.1, -0.05) is 6.07 Å². The second kappa shape index (κ2) is 4.18. The molecule has 4 nitrogen and oxygen atoms in total. The van der Waals surface area contributed by atoms with E-state index in [-0.39, 0.29) is 6.42 Å². The summed E-state index contributed by atoms with van der Waals surface area (Å²) in [4.78, 5) is 19.5. The molecule has 2 aromatic rings. The van der Waals surface area contributed by atoms with Gasteiger partial charge in [0.25, 0.3) is 0 Å². The van der Waals surface area contributed by atoms with Crippen molar-refractivity contribution < 1.29 is 9.90 Å². The molecule has 0 aromatic carbocycles. The third-order valence-electron chi connectivity index (χ3n) is 1.76. The van der Waals surface area contributed by atoms with Gasteiger partial charge in [-0.25, -0.2) is 4.98 Å². The zero-order valence-corrected chi connectivity index (χ0v) is 8.57. The van der Waals surface area contributed by atoms with E-state index in [2.05, 4.69) is 9.97 Å². The summed E-state index contributed by atoms with van der Waals surface area (Å²) in [5.41, 5.74) is 0.777. The van der Waals surface area contributed by atoms with E-state index in [0.717, 1.165) is 15.6 Å². The summed E-state index contributed by atoms with van der Waals surface area (Å²) >= 11 is 1.36. The zero-order chi connectivity index (χ0) is 10.7. The van der Waals surface area contributed by atoms with Crippen LogP contribution < -0.4 is 0 Å². The lowest BCUT2D eigenvalue weighted by Gasteiger charge is -1.91. The molecule has 0 aliphatic rings. The van der Waals surface area contributed by atoms with Crippen molar-refractivity contribution in [3.63, 3.8) is 0 Å². The molecule has 0 spiro atoms. The van der Waals surface area contributed by atoms with Crippen LogP contribution in [0.4, 0.5) is 0 Å². The summed E-state index contributed by atoms with van der Waals surface area (Å²) in [5.74, 6) is -0.841. The van der Waals surface area contributed by atoms with Gasteiger partial charge in [0, 0.05) is 17.3 Å². The molecule has 0 fully saturated rings. The molecule has 0 atom stereocenters.